The van der Waals surface area contributed by atoms with Crippen LogP contribution in [0.4, 0.5) is 8.78 Å². The molecule has 0 N–H and O–H groups in total. The number of Topliss-reactive ketones (excluding diaryl/α,β-unsaturated/α-hetero) is 1. The van der Waals surface area contributed by atoms with Gasteiger partial charge in [-0.3, -0.25) is 4.79 Å². The molecule has 4 heteroatoms. The smallest absolute Gasteiger partial charge is 0.159 e. The number of hydrogen-bond acceptors (Lipinski definition) is 1. The largest absolute Gasteiger partial charge is 0.299 e. The SMILES string of the molecule is CCCCCC(C)C(C)C(C)C(=O)CP.CCc1ccc(F)c(F)c1. The Morgan fingerprint density at radius 2 is 1.72 bits per heavy atom. The zero-order valence-electron chi connectivity index (χ0n) is 16.4. The number of rotatable bonds is 9. The zero-order valence-corrected chi connectivity index (χ0v) is 17.6. The molecule has 4 atom stereocenters. The number of ketones is 1. The molecular weight excluding hydrogens is 337 g/mol. The van der Waals surface area contributed by atoms with Gasteiger partial charge in [0.1, 0.15) is 5.78 Å². The van der Waals surface area contributed by atoms with Crippen LogP contribution in [0.1, 0.15) is 65.9 Å². The summed E-state index contributed by atoms with van der Waals surface area (Å²) in [6.45, 7) is 10.7. The minimum atomic E-state index is -0.780. The lowest BCUT2D eigenvalue weighted by Gasteiger charge is -2.25. The fourth-order valence-electron chi connectivity index (χ4n) is 2.71. The molecular formula is C21H35F2OP. The second-order valence-corrected chi connectivity index (χ2v) is 7.30. The molecule has 0 saturated carbocycles. The monoisotopic (exact) mass is 372 g/mol. The second kappa shape index (κ2) is 13.4. The number of hydrogen-bond donors (Lipinski definition) is 0. The maximum Gasteiger partial charge on any atom is 0.159 e. The van der Waals surface area contributed by atoms with Crippen molar-refractivity contribution in [3.05, 3.63) is 35.4 Å². The highest BCUT2D eigenvalue weighted by Gasteiger charge is 2.23. The third-order valence-electron chi connectivity index (χ3n) is 5.05. The molecule has 144 valence electrons. The van der Waals surface area contributed by atoms with Crippen molar-refractivity contribution in [2.75, 3.05) is 6.16 Å². The van der Waals surface area contributed by atoms with Crippen LogP contribution in [-0.4, -0.2) is 11.9 Å². The normalized spacial score (nSPS) is 14.2. The highest BCUT2D eigenvalue weighted by atomic mass is 31.0. The molecule has 0 heterocycles. The molecule has 1 nitrogen and oxygen atoms in total. The average molecular weight is 372 g/mol. The van der Waals surface area contributed by atoms with Crippen molar-refractivity contribution in [3.8, 4) is 0 Å². The number of halogens is 2. The summed E-state index contributed by atoms with van der Waals surface area (Å²) in [7, 11) is 2.54. The fraction of sp³-hybridized carbons (Fsp3) is 0.667. The van der Waals surface area contributed by atoms with Crippen LogP contribution in [0.15, 0.2) is 18.2 Å². The number of carbonyl (C=O) groups is 1. The molecule has 0 radical (unpaired) electrons. The third-order valence-corrected chi connectivity index (χ3v) is 5.45. The fourth-order valence-corrected chi connectivity index (χ4v) is 3.08. The van der Waals surface area contributed by atoms with E-state index in [1.165, 1.54) is 31.7 Å². The summed E-state index contributed by atoms with van der Waals surface area (Å²) in [6, 6.07) is 3.95. The Kier molecular flexibility index (Phi) is 13.0. The van der Waals surface area contributed by atoms with Crippen LogP contribution in [0.2, 0.25) is 0 Å². The molecule has 25 heavy (non-hydrogen) atoms. The van der Waals surface area contributed by atoms with Gasteiger partial charge in [-0.2, -0.15) is 0 Å². The van der Waals surface area contributed by atoms with E-state index < -0.39 is 11.6 Å². The van der Waals surface area contributed by atoms with Crippen molar-refractivity contribution in [2.45, 2.75) is 66.7 Å². The van der Waals surface area contributed by atoms with Gasteiger partial charge in [-0.1, -0.05) is 66.4 Å². The lowest BCUT2D eigenvalue weighted by molar-refractivity contribution is -0.121. The van der Waals surface area contributed by atoms with Gasteiger partial charge in [0.2, 0.25) is 0 Å². The Morgan fingerprint density at radius 1 is 1.08 bits per heavy atom. The zero-order chi connectivity index (χ0) is 19.4. The predicted molar refractivity (Wildman–Crippen MR) is 107 cm³/mol. The summed E-state index contributed by atoms with van der Waals surface area (Å²) < 4.78 is 24.7. The van der Waals surface area contributed by atoms with Crippen LogP contribution in [0, 0.1) is 29.4 Å². The molecule has 0 aliphatic heterocycles. The first-order valence-corrected chi connectivity index (χ1v) is 10.3. The van der Waals surface area contributed by atoms with Gasteiger partial charge in [0.25, 0.3) is 0 Å². The molecule has 1 rings (SSSR count). The van der Waals surface area contributed by atoms with Crippen molar-refractivity contribution in [2.24, 2.45) is 17.8 Å². The highest BCUT2D eigenvalue weighted by molar-refractivity contribution is 7.18. The Bertz CT molecular complexity index is 505. The molecule has 0 amide bonds. The summed E-state index contributed by atoms with van der Waals surface area (Å²) in [5.41, 5.74) is 0.818. The van der Waals surface area contributed by atoms with Gasteiger partial charge in [-0.15, -0.1) is 9.24 Å². The summed E-state index contributed by atoms with van der Waals surface area (Å²) >= 11 is 0. The second-order valence-electron chi connectivity index (χ2n) is 6.89. The third kappa shape index (κ3) is 9.45. The quantitative estimate of drug-likeness (QED) is 0.360. The Labute approximate surface area is 155 Å². The first-order valence-electron chi connectivity index (χ1n) is 9.45. The van der Waals surface area contributed by atoms with Gasteiger partial charge < -0.3 is 0 Å². The minimum absolute atomic E-state index is 0.221. The molecule has 0 fully saturated rings. The Morgan fingerprint density at radius 3 is 2.20 bits per heavy atom. The maximum absolute atomic E-state index is 12.4. The van der Waals surface area contributed by atoms with Gasteiger partial charge in [0.15, 0.2) is 11.6 Å². The van der Waals surface area contributed by atoms with Gasteiger partial charge in [0, 0.05) is 12.1 Å². The van der Waals surface area contributed by atoms with Gasteiger partial charge in [-0.05, 0) is 36.0 Å². The van der Waals surface area contributed by atoms with Crippen LogP contribution in [-0.2, 0) is 11.2 Å². The van der Waals surface area contributed by atoms with Crippen LogP contribution >= 0.6 is 9.24 Å². The van der Waals surface area contributed by atoms with Crippen molar-refractivity contribution < 1.29 is 13.6 Å². The van der Waals surface area contributed by atoms with Gasteiger partial charge in [-0.25, -0.2) is 8.78 Å². The van der Waals surface area contributed by atoms with E-state index in [0.717, 1.165) is 18.1 Å². The molecule has 0 aliphatic carbocycles. The van der Waals surface area contributed by atoms with E-state index in [2.05, 4.69) is 36.9 Å². The van der Waals surface area contributed by atoms with Crippen LogP contribution in [0.5, 0.6) is 0 Å². The molecule has 1 aromatic rings. The average Bonchev–Trinajstić information content (AvgIpc) is 2.62. The first-order chi connectivity index (χ1) is 11.8. The van der Waals surface area contributed by atoms with Crippen molar-refractivity contribution >= 4 is 15.0 Å². The van der Waals surface area contributed by atoms with Crippen LogP contribution in [0.3, 0.4) is 0 Å². The number of carbonyl (C=O) groups excluding carboxylic acids is 1. The topological polar surface area (TPSA) is 17.1 Å². The van der Waals surface area contributed by atoms with Gasteiger partial charge >= 0.3 is 0 Å². The molecule has 4 unspecified atom stereocenters. The number of benzene rings is 1. The lowest BCUT2D eigenvalue weighted by Crippen LogP contribution is -2.24. The Balaban J connectivity index is 0.000000496. The van der Waals surface area contributed by atoms with E-state index in [-0.39, 0.29) is 5.92 Å². The maximum atomic E-state index is 12.4. The molecule has 0 saturated heterocycles. The highest BCUT2D eigenvalue weighted by Crippen LogP contribution is 2.26. The summed E-state index contributed by atoms with van der Waals surface area (Å²) in [4.78, 5) is 11.6. The van der Waals surface area contributed by atoms with E-state index in [9.17, 15) is 13.6 Å². The summed E-state index contributed by atoms with van der Waals surface area (Å²) in [5, 5.41) is 0. The number of aryl methyl sites for hydroxylation is 1. The van der Waals surface area contributed by atoms with Crippen LogP contribution < -0.4 is 0 Å². The predicted octanol–water partition coefficient (Wildman–Crippen LogP) is 6.45. The number of unbranched alkanes of at least 4 members (excludes halogenated alkanes) is 2. The van der Waals surface area contributed by atoms with Crippen molar-refractivity contribution in [1.29, 1.82) is 0 Å². The minimum Gasteiger partial charge on any atom is -0.299 e. The standard InChI is InChI=1S/C13H27OP.C8H8F2/c1-5-6-7-8-10(2)11(3)12(4)13(14)9-15;1-2-6-3-4-7(9)8(10)5-6/h10-12H,5-9,15H2,1-4H3;3-5H,2H2,1H3. The molecule has 0 bridgehead atoms. The van der Waals surface area contributed by atoms with E-state index in [4.69, 9.17) is 0 Å². The molecule has 0 aromatic heterocycles. The lowest BCUT2D eigenvalue weighted by atomic mass is 9.80. The van der Waals surface area contributed by atoms with Crippen LogP contribution in [0.25, 0.3) is 0 Å². The molecule has 0 aliphatic rings. The van der Waals surface area contributed by atoms with E-state index in [0.29, 0.717) is 23.8 Å². The Hall–Kier alpha value is -0.820. The van der Waals surface area contributed by atoms with E-state index in [1.54, 1.807) is 6.07 Å². The van der Waals surface area contributed by atoms with E-state index in [1.807, 2.05) is 6.92 Å². The first kappa shape index (κ1) is 24.2. The summed E-state index contributed by atoms with van der Waals surface area (Å²) in [6.07, 6.45) is 6.52. The van der Waals surface area contributed by atoms with E-state index >= 15 is 0 Å². The molecule has 0 spiro atoms. The molecule has 1 aromatic carbocycles. The van der Waals surface area contributed by atoms with Crippen molar-refractivity contribution in [3.63, 3.8) is 0 Å². The summed E-state index contributed by atoms with van der Waals surface area (Å²) in [5.74, 6) is 0.257. The van der Waals surface area contributed by atoms with Crippen molar-refractivity contribution in [1.82, 2.24) is 0 Å². The van der Waals surface area contributed by atoms with Gasteiger partial charge in [0.05, 0.1) is 0 Å².